The Morgan fingerprint density at radius 2 is 1.93 bits per heavy atom. The van der Waals surface area contributed by atoms with Gasteiger partial charge in [-0.25, -0.2) is 8.42 Å². The summed E-state index contributed by atoms with van der Waals surface area (Å²) in [5.74, 6) is -0.177. The SMILES string of the molecule is C[C@H](C(=O)Nc1cccc(Cl)c1Cl)[NH+]1CCN(S(=O)(=O)c2cccs2)CC1. The van der Waals surface area contributed by atoms with Gasteiger partial charge in [0.05, 0.1) is 41.9 Å². The van der Waals surface area contributed by atoms with E-state index < -0.39 is 10.0 Å². The van der Waals surface area contributed by atoms with Crippen molar-refractivity contribution < 1.29 is 18.1 Å². The number of hydrogen-bond donors (Lipinski definition) is 2. The Balaban J connectivity index is 1.60. The van der Waals surface area contributed by atoms with Crippen molar-refractivity contribution in [2.24, 2.45) is 0 Å². The number of carbonyl (C=O) groups excluding carboxylic acids is 1. The molecule has 3 rings (SSSR count). The second kappa shape index (κ2) is 8.46. The van der Waals surface area contributed by atoms with E-state index in [4.69, 9.17) is 23.2 Å². The molecule has 0 aliphatic carbocycles. The summed E-state index contributed by atoms with van der Waals surface area (Å²) in [6, 6.07) is 8.07. The Kier molecular flexibility index (Phi) is 6.45. The molecule has 1 aliphatic heterocycles. The summed E-state index contributed by atoms with van der Waals surface area (Å²) in [6.07, 6.45) is 0. The highest BCUT2D eigenvalue weighted by Crippen LogP contribution is 2.29. The molecule has 0 spiro atoms. The topological polar surface area (TPSA) is 70.9 Å². The Morgan fingerprint density at radius 3 is 2.56 bits per heavy atom. The Bertz CT molecular complexity index is 912. The second-order valence-electron chi connectivity index (χ2n) is 6.31. The molecule has 146 valence electrons. The predicted molar refractivity (Wildman–Crippen MR) is 108 cm³/mol. The average Bonchev–Trinajstić information content (AvgIpc) is 3.20. The van der Waals surface area contributed by atoms with Gasteiger partial charge in [0.15, 0.2) is 6.04 Å². The molecular weight excluding hydrogens is 429 g/mol. The second-order valence-corrected chi connectivity index (χ2v) is 10.2. The van der Waals surface area contributed by atoms with Gasteiger partial charge in [0.2, 0.25) is 0 Å². The molecule has 27 heavy (non-hydrogen) atoms. The molecule has 0 saturated carbocycles. The summed E-state index contributed by atoms with van der Waals surface area (Å²) in [5.41, 5.74) is 0.472. The van der Waals surface area contributed by atoms with Crippen LogP contribution in [0.2, 0.25) is 10.0 Å². The van der Waals surface area contributed by atoms with Crippen LogP contribution in [0.15, 0.2) is 39.9 Å². The standard InChI is InChI=1S/C17H19Cl2N3O3S2/c1-12(17(23)20-14-5-2-4-13(18)16(14)19)21-7-9-22(10-8-21)27(24,25)15-6-3-11-26-15/h2-6,11-12H,7-10H2,1H3,(H,20,23)/p+1/t12-/m1/s1. The first kappa shape index (κ1) is 20.6. The fourth-order valence-electron chi connectivity index (χ4n) is 3.01. The van der Waals surface area contributed by atoms with Crippen molar-refractivity contribution in [2.75, 3.05) is 31.5 Å². The average molecular weight is 449 g/mol. The van der Waals surface area contributed by atoms with Crippen LogP contribution in [0.1, 0.15) is 6.92 Å². The first-order valence-corrected chi connectivity index (χ1v) is 11.5. The number of thiophene rings is 1. The zero-order valence-electron chi connectivity index (χ0n) is 14.6. The minimum atomic E-state index is -3.44. The number of quaternary nitrogens is 1. The van der Waals surface area contributed by atoms with Crippen molar-refractivity contribution in [1.29, 1.82) is 0 Å². The Hall–Kier alpha value is -1.16. The lowest BCUT2D eigenvalue weighted by Crippen LogP contribution is -3.19. The van der Waals surface area contributed by atoms with Gasteiger partial charge in [-0.05, 0) is 30.5 Å². The number of carbonyl (C=O) groups is 1. The molecule has 6 nitrogen and oxygen atoms in total. The molecule has 1 aromatic carbocycles. The molecule has 10 heteroatoms. The van der Waals surface area contributed by atoms with Gasteiger partial charge in [-0.1, -0.05) is 35.3 Å². The Morgan fingerprint density at radius 1 is 1.22 bits per heavy atom. The van der Waals surface area contributed by atoms with E-state index in [1.165, 1.54) is 15.6 Å². The number of sulfonamides is 1. The highest BCUT2D eigenvalue weighted by Gasteiger charge is 2.34. The molecule has 2 heterocycles. The molecule has 1 fully saturated rings. The van der Waals surface area contributed by atoms with Crippen molar-refractivity contribution in [1.82, 2.24) is 4.31 Å². The van der Waals surface area contributed by atoms with E-state index in [0.29, 0.717) is 46.1 Å². The molecule has 0 unspecified atom stereocenters. The minimum absolute atomic E-state index is 0.177. The lowest BCUT2D eigenvalue weighted by atomic mass is 10.2. The molecule has 1 amide bonds. The van der Waals surface area contributed by atoms with Gasteiger partial charge in [-0.3, -0.25) is 4.79 Å². The van der Waals surface area contributed by atoms with E-state index in [1.54, 1.807) is 35.7 Å². The lowest BCUT2D eigenvalue weighted by Gasteiger charge is -2.33. The molecule has 1 atom stereocenters. The van der Waals surface area contributed by atoms with Gasteiger partial charge in [-0.15, -0.1) is 11.3 Å². The molecule has 0 bridgehead atoms. The van der Waals surface area contributed by atoms with Crippen LogP contribution in [0.5, 0.6) is 0 Å². The lowest BCUT2D eigenvalue weighted by molar-refractivity contribution is -0.917. The van der Waals surface area contributed by atoms with Crippen molar-refractivity contribution in [2.45, 2.75) is 17.2 Å². The van der Waals surface area contributed by atoms with Gasteiger partial charge in [-0.2, -0.15) is 4.31 Å². The fourth-order valence-corrected chi connectivity index (χ4v) is 5.94. The first-order valence-electron chi connectivity index (χ1n) is 8.44. The van der Waals surface area contributed by atoms with Crippen molar-refractivity contribution in [3.63, 3.8) is 0 Å². The largest absolute Gasteiger partial charge is 0.323 e. The summed E-state index contributed by atoms with van der Waals surface area (Å²) < 4.78 is 27.0. The van der Waals surface area contributed by atoms with E-state index in [9.17, 15) is 13.2 Å². The van der Waals surface area contributed by atoms with Crippen LogP contribution in [-0.2, 0) is 14.8 Å². The van der Waals surface area contributed by atoms with Gasteiger partial charge in [0.1, 0.15) is 4.21 Å². The van der Waals surface area contributed by atoms with Crippen molar-refractivity contribution >= 4 is 56.2 Å². The fraction of sp³-hybridized carbons (Fsp3) is 0.353. The van der Waals surface area contributed by atoms with Crippen LogP contribution in [-0.4, -0.2) is 50.9 Å². The maximum absolute atomic E-state index is 12.6. The normalized spacial score (nSPS) is 17.6. The number of halogens is 2. The smallest absolute Gasteiger partial charge is 0.282 e. The third-order valence-corrected chi connectivity index (χ3v) is 8.76. The van der Waals surface area contributed by atoms with Gasteiger partial charge < -0.3 is 10.2 Å². The van der Waals surface area contributed by atoms with Crippen LogP contribution in [0.25, 0.3) is 0 Å². The third-order valence-electron chi connectivity index (χ3n) is 4.67. The van der Waals surface area contributed by atoms with Crippen LogP contribution in [0, 0.1) is 0 Å². The van der Waals surface area contributed by atoms with Crippen LogP contribution >= 0.6 is 34.5 Å². The third kappa shape index (κ3) is 4.47. The quantitative estimate of drug-likeness (QED) is 0.734. The van der Waals surface area contributed by atoms with Crippen molar-refractivity contribution in [3.8, 4) is 0 Å². The van der Waals surface area contributed by atoms with Gasteiger partial charge >= 0.3 is 0 Å². The van der Waals surface area contributed by atoms with Crippen LogP contribution in [0.4, 0.5) is 5.69 Å². The van der Waals surface area contributed by atoms with E-state index in [1.807, 2.05) is 6.92 Å². The zero-order chi connectivity index (χ0) is 19.6. The number of hydrogen-bond acceptors (Lipinski definition) is 4. The summed E-state index contributed by atoms with van der Waals surface area (Å²) in [5, 5.41) is 5.24. The molecule has 1 saturated heterocycles. The van der Waals surface area contributed by atoms with Crippen LogP contribution in [0.3, 0.4) is 0 Å². The first-order chi connectivity index (χ1) is 12.8. The summed E-state index contributed by atoms with van der Waals surface area (Å²) >= 11 is 13.3. The number of anilines is 1. The number of nitrogens with zero attached hydrogens (tertiary/aromatic N) is 1. The van der Waals surface area contributed by atoms with E-state index in [2.05, 4.69) is 5.32 Å². The van der Waals surface area contributed by atoms with E-state index in [0.717, 1.165) is 4.90 Å². The van der Waals surface area contributed by atoms with Gasteiger partial charge in [0, 0.05) is 0 Å². The molecule has 1 aliphatic rings. The molecule has 2 N–H and O–H groups in total. The van der Waals surface area contributed by atoms with E-state index in [-0.39, 0.29) is 11.9 Å². The molecule has 2 aromatic rings. The number of nitrogens with one attached hydrogen (secondary N) is 2. The highest BCUT2D eigenvalue weighted by molar-refractivity contribution is 7.91. The molecular formula is C17H20Cl2N3O3S2+. The number of benzene rings is 1. The number of rotatable bonds is 5. The zero-order valence-corrected chi connectivity index (χ0v) is 17.8. The summed E-state index contributed by atoms with van der Waals surface area (Å²) in [4.78, 5) is 13.6. The molecule has 1 aromatic heterocycles. The molecule has 0 radical (unpaired) electrons. The van der Waals surface area contributed by atoms with Crippen LogP contribution < -0.4 is 10.2 Å². The number of amides is 1. The maximum atomic E-state index is 12.6. The summed E-state index contributed by atoms with van der Waals surface area (Å²) in [6.45, 7) is 3.70. The minimum Gasteiger partial charge on any atom is -0.323 e. The monoisotopic (exact) mass is 448 g/mol. The maximum Gasteiger partial charge on any atom is 0.282 e. The predicted octanol–water partition coefficient (Wildman–Crippen LogP) is 1.97. The summed E-state index contributed by atoms with van der Waals surface area (Å²) in [7, 11) is -3.44. The van der Waals surface area contributed by atoms with E-state index >= 15 is 0 Å². The van der Waals surface area contributed by atoms with Gasteiger partial charge in [0.25, 0.3) is 15.9 Å². The highest BCUT2D eigenvalue weighted by atomic mass is 35.5. The Labute approximate surface area is 172 Å². The number of piperazine rings is 1. The van der Waals surface area contributed by atoms with Crippen molar-refractivity contribution in [3.05, 3.63) is 45.8 Å².